The number of amides is 1. The molecule has 0 radical (unpaired) electrons. The molecule has 0 aliphatic heterocycles. The molecule has 1 heterocycles. The van der Waals surface area contributed by atoms with Crippen LogP contribution in [0.3, 0.4) is 0 Å². The molecule has 3 aromatic carbocycles. The SMILES string of the molecule is CNC(=O)CN(c1ccc(N=C(c2ccccc2)c2c(O)[nH]c3ccc(N)cc23)cc1)S(C)(=O)=O. The average molecular weight is 492 g/mol. The van der Waals surface area contributed by atoms with Crippen LogP contribution in [0.25, 0.3) is 10.9 Å². The van der Waals surface area contributed by atoms with Crippen LogP contribution in [0.4, 0.5) is 17.1 Å². The van der Waals surface area contributed by atoms with Gasteiger partial charge in [0.2, 0.25) is 15.9 Å². The Bertz CT molecular complexity index is 1510. The van der Waals surface area contributed by atoms with Gasteiger partial charge in [0.25, 0.3) is 0 Å². The highest BCUT2D eigenvalue weighted by molar-refractivity contribution is 7.92. The molecule has 4 rings (SSSR count). The first kappa shape index (κ1) is 23.8. The first-order valence-corrected chi connectivity index (χ1v) is 12.5. The van der Waals surface area contributed by atoms with E-state index in [1.54, 1.807) is 42.5 Å². The first-order chi connectivity index (χ1) is 16.7. The van der Waals surface area contributed by atoms with Crippen LogP contribution in [0.1, 0.15) is 11.1 Å². The predicted octanol–water partition coefficient (Wildman–Crippen LogP) is 3.14. The summed E-state index contributed by atoms with van der Waals surface area (Å²) < 4.78 is 25.5. The Balaban J connectivity index is 1.82. The Morgan fingerprint density at radius 1 is 1.09 bits per heavy atom. The number of benzene rings is 3. The molecule has 0 saturated carbocycles. The van der Waals surface area contributed by atoms with Gasteiger partial charge in [-0.2, -0.15) is 0 Å². The van der Waals surface area contributed by atoms with Gasteiger partial charge in [0.05, 0.1) is 28.9 Å². The van der Waals surface area contributed by atoms with E-state index >= 15 is 0 Å². The molecular formula is C25H25N5O4S. The molecule has 0 fully saturated rings. The van der Waals surface area contributed by atoms with Crippen LogP contribution < -0.4 is 15.4 Å². The van der Waals surface area contributed by atoms with Crippen LogP contribution in [-0.4, -0.2) is 50.0 Å². The lowest BCUT2D eigenvalue weighted by atomic mass is 10.0. The maximum absolute atomic E-state index is 12.3. The van der Waals surface area contributed by atoms with Gasteiger partial charge in [-0.25, -0.2) is 13.4 Å². The first-order valence-electron chi connectivity index (χ1n) is 10.7. The number of carbonyl (C=O) groups excluding carboxylic acids is 1. The molecule has 10 heteroatoms. The fourth-order valence-electron chi connectivity index (χ4n) is 3.73. The number of nitrogens with one attached hydrogen (secondary N) is 2. The van der Waals surface area contributed by atoms with Gasteiger partial charge in [-0.3, -0.25) is 9.10 Å². The van der Waals surface area contributed by atoms with Gasteiger partial charge in [0, 0.05) is 29.2 Å². The molecule has 0 spiro atoms. The average Bonchev–Trinajstić information content (AvgIpc) is 3.16. The quantitative estimate of drug-likeness (QED) is 0.232. The number of aliphatic imine (C=N–C) groups is 1. The van der Waals surface area contributed by atoms with Crippen LogP contribution in [0.15, 0.2) is 77.8 Å². The highest BCUT2D eigenvalue weighted by atomic mass is 32.2. The van der Waals surface area contributed by atoms with E-state index in [1.165, 1.54) is 7.05 Å². The summed E-state index contributed by atoms with van der Waals surface area (Å²) in [6.45, 7) is -0.335. The Hall–Kier alpha value is -4.31. The summed E-state index contributed by atoms with van der Waals surface area (Å²) in [6.07, 6.45) is 1.04. The molecule has 0 unspecified atom stereocenters. The number of sulfonamides is 1. The number of carbonyl (C=O) groups is 1. The summed E-state index contributed by atoms with van der Waals surface area (Å²) in [4.78, 5) is 19.6. The van der Waals surface area contributed by atoms with E-state index in [-0.39, 0.29) is 12.4 Å². The number of nitrogen functional groups attached to an aromatic ring is 1. The summed E-state index contributed by atoms with van der Waals surface area (Å²) in [5.41, 5.74) is 9.90. The number of aromatic hydroxyl groups is 1. The minimum Gasteiger partial charge on any atom is -0.494 e. The molecule has 0 aliphatic carbocycles. The maximum atomic E-state index is 12.3. The van der Waals surface area contributed by atoms with Crippen molar-refractivity contribution >= 4 is 49.6 Å². The Morgan fingerprint density at radius 2 is 1.77 bits per heavy atom. The molecular weight excluding hydrogens is 466 g/mol. The second-order valence-electron chi connectivity index (χ2n) is 7.94. The number of likely N-dealkylation sites (N-methyl/N-ethyl adjacent to an activating group) is 1. The maximum Gasteiger partial charge on any atom is 0.240 e. The number of H-pyrrole nitrogens is 1. The number of hydrogen-bond donors (Lipinski definition) is 4. The van der Waals surface area contributed by atoms with Crippen molar-refractivity contribution in [1.29, 1.82) is 0 Å². The Kier molecular flexibility index (Phi) is 6.48. The topological polar surface area (TPSA) is 141 Å². The monoisotopic (exact) mass is 491 g/mol. The Labute approximate surface area is 203 Å². The van der Waals surface area contributed by atoms with E-state index in [4.69, 9.17) is 10.7 Å². The normalized spacial score (nSPS) is 12.0. The van der Waals surface area contributed by atoms with E-state index in [0.717, 1.165) is 21.5 Å². The molecule has 1 aromatic heterocycles. The van der Waals surface area contributed by atoms with Gasteiger partial charge in [-0.15, -0.1) is 0 Å². The summed E-state index contributed by atoms with van der Waals surface area (Å²) in [5.74, 6) is -0.475. The molecule has 0 bridgehead atoms. The molecule has 35 heavy (non-hydrogen) atoms. The number of nitrogens with zero attached hydrogens (tertiary/aromatic N) is 2. The largest absolute Gasteiger partial charge is 0.494 e. The minimum atomic E-state index is -3.68. The van der Waals surface area contributed by atoms with Crippen molar-refractivity contribution in [1.82, 2.24) is 10.3 Å². The van der Waals surface area contributed by atoms with Crippen LogP contribution in [-0.2, 0) is 14.8 Å². The summed E-state index contributed by atoms with van der Waals surface area (Å²) in [7, 11) is -2.24. The van der Waals surface area contributed by atoms with Gasteiger partial charge < -0.3 is 21.1 Å². The molecule has 0 saturated heterocycles. The summed E-state index contributed by atoms with van der Waals surface area (Å²) in [5, 5.41) is 13.9. The highest BCUT2D eigenvalue weighted by Crippen LogP contribution is 2.33. The van der Waals surface area contributed by atoms with Crippen molar-refractivity contribution in [2.45, 2.75) is 0 Å². The van der Waals surface area contributed by atoms with E-state index in [9.17, 15) is 18.3 Å². The molecule has 4 aromatic rings. The van der Waals surface area contributed by atoms with Crippen molar-refractivity contribution in [3.63, 3.8) is 0 Å². The van der Waals surface area contributed by atoms with Gasteiger partial charge in [0.15, 0.2) is 5.88 Å². The van der Waals surface area contributed by atoms with E-state index in [2.05, 4.69) is 10.3 Å². The summed E-state index contributed by atoms with van der Waals surface area (Å²) in [6, 6.07) is 21.2. The third kappa shape index (κ3) is 5.12. The number of nitrogens with two attached hydrogens (primary N) is 1. The fraction of sp³-hybridized carbons (Fsp3) is 0.120. The van der Waals surface area contributed by atoms with Gasteiger partial charge in [0.1, 0.15) is 6.54 Å². The zero-order valence-electron chi connectivity index (χ0n) is 19.2. The standard InChI is InChI=1S/C25H25N5O4S/c1-27-22(31)15-30(35(2,33)34)19-11-9-18(10-12-19)28-24(16-6-4-3-5-7-16)23-20-14-17(26)8-13-21(20)29-25(23)32/h3-14,29,32H,15,26H2,1-2H3,(H,27,31). The third-order valence-corrected chi connectivity index (χ3v) is 6.57. The highest BCUT2D eigenvalue weighted by Gasteiger charge is 2.21. The van der Waals surface area contributed by atoms with Crippen LogP contribution in [0.2, 0.25) is 0 Å². The van der Waals surface area contributed by atoms with Gasteiger partial charge in [-0.05, 0) is 42.5 Å². The number of hydrogen-bond acceptors (Lipinski definition) is 6. The smallest absolute Gasteiger partial charge is 0.240 e. The lowest BCUT2D eigenvalue weighted by molar-refractivity contribution is -0.119. The van der Waals surface area contributed by atoms with Crippen LogP contribution in [0.5, 0.6) is 5.88 Å². The second kappa shape index (κ2) is 9.51. The molecule has 5 N–H and O–H groups in total. The molecule has 1 amide bonds. The molecule has 0 atom stereocenters. The van der Waals surface area contributed by atoms with Gasteiger partial charge in [-0.1, -0.05) is 30.3 Å². The number of aromatic amines is 1. The summed E-state index contributed by atoms with van der Waals surface area (Å²) >= 11 is 0. The minimum absolute atomic E-state index is 0.0429. The van der Waals surface area contributed by atoms with Crippen LogP contribution in [0, 0.1) is 0 Å². The van der Waals surface area contributed by atoms with E-state index < -0.39 is 15.9 Å². The number of rotatable bonds is 7. The van der Waals surface area contributed by atoms with E-state index in [0.29, 0.717) is 33.9 Å². The Morgan fingerprint density at radius 3 is 2.40 bits per heavy atom. The second-order valence-corrected chi connectivity index (χ2v) is 9.85. The van der Waals surface area contributed by atoms with Crippen molar-refractivity contribution < 1.29 is 18.3 Å². The van der Waals surface area contributed by atoms with E-state index in [1.807, 2.05) is 30.3 Å². The molecule has 0 aliphatic rings. The lowest BCUT2D eigenvalue weighted by Gasteiger charge is -2.21. The predicted molar refractivity (Wildman–Crippen MR) is 139 cm³/mol. The van der Waals surface area contributed by atoms with Crippen molar-refractivity contribution in [2.75, 3.05) is 29.9 Å². The van der Waals surface area contributed by atoms with Gasteiger partial charge >= 0.3 is 0 Å². The molecule has 9 nitrogen and oxygen atoms in total. The number of anilines is 2. The van der Waals surface area contributed by atoms with Crippen molar-refractivity contribution in [2.24, 2.45) is 4.99 Å². The fourth-order valence-corrected chi connectivity index (χ4v) is 4.58. The zero-order chi connectivity index (χ0) is 25.2. The number of aromatic nitrogens is 1. The lowest BCUT2D eigenvalue weighted by Crippen LogP contribution is -2.39. The molecule has 180 valence electrons. The van der Waals surface area contributed by atoms with Crippen molar-refractivity contribution in [3.05, 3.63) is 83.9 Å². The number of fused-ring (bicyclic) bond motifs is 1. The van der Waals surface area contributed by atoms with Crippen LogP contribution >= 0.6 is 0 Å². The zero-order valence-corrected chi connectivity index (χ0v) is 20.0. The third-order valence-electron chi connectivity index (χ3n) is 5.43. The van der Waals surface area contributed by atoms with Crippen molar-refractivity contribution in [3.8, 4) is 5.88 Å².